The minimum atomic E-state index is 0.133. The summed E-state index contributed by atoms with van der Waals surface area (Å²) in [4.78, 5) is 0. The third-order valence-electron chi connectivity index (χ3n) is 4.74. The molecule has 0 saturated carbocycles. The van der Waals surface area contributed by atoms with Gasteiger partial charge in [0.05, 0.1) is 6.20 Å². The van der Waals surface area contributed by atoms with Crippen molar-refractivity contribution in [3.05, 3.63) is 60.0 Å². The highest BCUT2D eigenvalue weighted by molar-refractivity contribution is 5.41. The maximum atomic E-state index is 6.31. The molecule has 1 aromatic carbocycles. The van der Waals surface area contributed by atoms with Crippen molar-refractivity contribution in [3.8, 4) is 5.75 Å². The van der Waals surface area contributed by atoms with Crippen molar-refractivity contribution in [2.45, 2.75) is 44.6 Å². The van der Waals surface area contributed by atoms with E-state index in [1.165, 1.54) is 30.4 Å². The van der Waals surface area contributed by atoms with Crippen LogP contribution in [0.3, 0.4) is 0 Å². The quantitative estimate of drug-likeness (QED) is 0.711. The summed E-state index contributed by atoms with van der Waals surface area (Å²) in [5.74, 6) is 1.54. The van der Waals surface area contributed by atoms with Crippen molar-refractivity contribution < 1.29 is 4.74 Å². The van der Waals surface area contributed by atoms with Crippen LogP contribution in [0, 0.1) is 0 Å². The molecule has 0 fully saturated rings. The second-order valence-corrected chi connectivity index (χ2v) is 6.26. The lowest BCUT2D eigenvalue weighted by Gasteiger charge is -2.31. The fourth-order valence-corrected chi connectivity index (χ4v) is 3.65. The van der Waals surface area contributed by atoms with E-state index in [2.05, 4.69) is 41.4 Å². The standard InChI is InChI=1S/C19H21N3O/c1-2-5-14-8-10-18(17-7-4-3-6-16(14)17)23-15-9-11-19-21-20-13-22(19)12-15/h3-4,6-7,9,11-14,18H,2,5,8,10H2,1H3. The number of fused-ring (bicyclic) bond motifs is 2. The zero-order valence-corrected chi connectivity index (χ0v) is 13.4. The van der Waals surface area contributed by atoms with Crippen LogP contribution in [-0.2, 0) is 0 Å². The molecule has 3 aromatic rings. The van der Waals surface area contributed by atoms with Gasteiger partial charge in [-0.05, 0) is 48.4 Å². The Balaban J connectivity index is 1.62. The predicted octanol–water partition coefficient (Wildman–Crippen LogP) is 4.53. The van der Waals surface area contributed by atoms with Crippen LogP contribution in [0.5, 0.6) is 5.75 Å². The van der Waals surface area contributed by atoms with E-state index in [9.17, 15) is 0 Å². The largest absolute Gasteiger partial charge is 0.484 e. The van der Waals surface area contributed by atoms with Crippen LogP contribution < -0.4 is 4.74 Å². The van der Waals surface area contributed by atoms with Crippen molar-refractivity contribution in [1.82, 2.24) is 14.6 Å². The van der Waals surface area contributed by atoms with Gasteiger partial charge in [0.25, 0.3) is 0 Å². The fraction of sp³-hybridized carbons (Fsp3) is 0.368. The topological polar surface area (TPSA) is 39.4 Å². The average molecular weight is 307 g/mol. The summed E-state index contributed by atoms with van der Waals surface area (Å²) in [5, 5.41) is 7.94. The molecule has 4 heteroatoms. The Hall–Kier alpha value is -2.36. The summed E-state index contributed by atoms with van der Waals surface area (Å²) in [6.45, 7) is 2.26. The average Bonchev–Trinajstić information content (AvgIpc) is 3.05. The first-order valence-electron chi connectivity index (χ1n) is 8.40. The lowest BCUT2D eigenvalue weighted by molar-refractivity contribution is 0.174. The molecule has 1 aliphatic rings. The monoisotopic (exact) mass is 307 g/mol. The number of rotatable bonds is 4. The summed E-state index contributed by atoms with van der Waals surface area (Å²) in [6, 6.07) is 12.7. The van der Waals surface area contributed by atoms with Gasteiger partial charge in [0.2, 0.25) is 0 Å². The van der Waals surface area contributed by atoms with Crippen LogP contribution in [-0.4, -0.2) is 14.6 Å². The van der Waals surface area contributed by atoms with E-state index in [-0.39, 0.29) is 6.10 Å². The molecular formula is C19H21N3O. The van der Waals surface area contributed by atoms with Crippen molar-refractivity contribution in [2.75, 3.05) is 0 Å². The van der Waals surface area contributed by atoms with Gasteiger partial charge < -0.3 is 4.74 Å². The second-order valence-electron chi connectivity index (χ2n) is 6.26. The summed E-state index contributed by atoms with van der Waals surface area (Å²) in [5.41, 5.74) is 3.65. The first-order chi connectivity index (χ1) is 11.3. The van der Waals surface area contributed by atoms with Crippen molar-refractivity contribution in [3.63, 3.8) is 0 Å². The van der Waals surface area contributed by atoms with Crippen molar-refractivity contribution >= 4 is 5.65 Å². The number of benzene rings is 1. The first kappa shape index (κ1) is 14.2. The molecule has 2 unspecified atom stereocenters. The molecule has 1 aliphatic carbocycles. The Labute approximate surface area is 136 Å². The van der Waals surface area contributed by atoms with Gasteiger partial charge in [-0.2, -0.15) is 0 Å². The van der Waals surface area contributed by atoms with E-state index in [0.29, 0.717) is 5.92 Å². The van der Waals surface area contributed by atoms with Crippen LogP contribution in [0.1, 0.15) is 55.8 Å². The maximum absolute atomic E-state index is 6.31. The maximum Gasteiger partial charge on any atom is 0.160 e. The zero-order valence-electron chi connectivity index (χ0n) is 13.4. The van der Waals surface area contributed by atoms with E-state index in [0.717, 1.165) is 17.8 Å². The van der Waals surface area contributed by atoms with Crippen LogP contribution in [0.4, 0.5) is 0 Å². The van der Waals surface area contributed by atoms with Gasteiger partial charge >= 0.3 is 0 Å². The lowest BCUT2D eigenvalue weighted by Crippen LogP contribution is -2.18. The molecule has 23 heavy (non-hydrogen) atoms. The molecule has 118 valence electrons. The van der Waals surface area contributed by atoms with Gasteiger partial charge in [0, 0.05) is 0 Å². The van der Waals surface area contributed by atoms with Gasteiger partial charge in [-0.25, -0.2) is 0 Å². The molecular weight excluding hydrogens is 286 g/mol. The summed E-state index contributed by atoms with van der Waals surface area (Å²) in [6.07, 6.45) is 8.55. The Kier molecular flexibility index (Phi) is 3.74. The number of hydrogen-bond acceptors (Lipinski definition) is 3. The molecule has 2 atom stereocenters. The number of pyridine rings is 1. The molecule has 0 spiro atoms. The molecule has 0 saturated heterocycles. The molecule has 0 amide bonds. The van der Waals surface area contributed by atoms with E-state index >= 15 is 0 Å². The third kappa shape index (κ3) is 2.69. The molecule has 0 aliphatic heterocycles. The van der Waals surface area contributed by atoms with Gasteiger partial charge in [0.1, 0.15) is 18.2 Å². The van der Waals surface area contributed by atoms with Gasteiger partial charge in [-0.15, -0.1) is 10.2 Å². The van der Waals surface area contributed by atoms with Crippen LogP contribution in [0.25, 0.3) is 5.65 Å². The molecule has 0 radical (unpaired) electrons. The number of nitrogens with zero attached hydrogens (tertiary/aromatic N) is 3. The molecule has 2 aromatic heterocycles. The molecule has 4 nitrogen and oxygen atoms in total. The Bertz CT molecular complexity index is 811. The van der Waals surface area contributed by atoms with Crippen LogP contribution >= 0.6 is 0 Å². The van der Waals surface area contributed by atoms with E-state index in [4.69, 9.17) is 4.74 Å². The number of hydrogen-bond donors (Lipinski definition) is 0. The van der Waals surface area contributed by atoms with E-state index in [1.807, 2.05) is 22.7 Å². The number of aromatic nitrogens is 3. The second kappa shape index (κ2) is 6.03. The van der Waals surface area contributed by atoms with Gasteiger partial charge in [0.15, 0.2) is 5.65 Å². The predicted molar refractivity (Wildman–Crippen MR) is 89.7 cm³/mol. The Morgan fingerprint density at radius 3 is 2.87 bits per heavy atom. The van der Waals surface area contributed by atoms with Crippen molar-refractivity contribution in [1.29, 1.82) is 0 Å². The molecule has 2 heterocycles. The van der Waals surface area contributed by atoms with Crippen LogP contribution in [0.15, 0.2) is 48.9 Å². The molecule has 0 N–H and O–H groups in total. The summed E-state index contributed by atoms with van der Waals surface area (Å²) >= 11 is 0. The third-order valence-corrected chi connectivity index (χ3v) is 4.74. The molecule has 0 bridgehead atoms. The zero-order chi connectivity index (χ0) is 15.6. The Morgan fingerprint density at radius 1 is 1.13 bits per heavy atom. The fourth-order valence-electron chi connectivity index (χ4n) is 3.65. The normalized spacial score (nSPS) is 20.4. The SMILES string of the molecule is CCCC1CCC(Oc2ccc3nncn3c2)c2ccccc21. The highest BCUT2D eigenvalue weighted by Gasteiger charge is 2.27. The summed E-state index contributed by atoms with van der Waals surface area (Å²) < 4.78 is 8.20. The van der Waals surface area contributed by atoms with E-state index < -0.39 is 0 Å². The van der Waals surface area contributed by atoms with Crippen molar-refractivity contribution in [2.24, 2.45) is 0 Å². The van der Waals surface area contributed by atoms with Crippen LogP contribution in [0.2, 0.25) is 0 Å². The highest BCUT2D eigenvalue weighted by atomic mass is 16.5. The van der Waals surface area contributed by atoms with Gasteiger partial charge in [-0.3, -0.25) is 4.40 Å². The highest BCUT2D eigenvalue weighted by Crippen LogP contribution is 2.41. The lowest BCUT2D eigenvalue weighted by atomic mass is 9.79. The minimum Gasteiger partial charge on any atom is -0.484 e. The Morgan fingerprint density at radius 2 is 2.00 bits per heavy atom. The van der Waals surface area contributed by atoms with Gasteiger partial charge in [-0.1, -0.05) is 37.6 Å². The smallest absolute Gasteiger partial charge is 0.160 e. The first-order valence-corrected chi connectivity index (χ1v) is 8.40. The minimum absolute atomic E-state index is 0.133. The number of ether oxygens (including phenoxy) is 1. The molecule has 4 rings (SSSR count). The van der Waals surface area contributed by atoms with E-state index in [1.54, 1.807) is 6.33 Å². The summed E-state index contributed by atoms with van der Waals surface area (Å²) in [7, 11) is 0.